The van der Waals surface area contributed by atoms with Crippen LogP contribution in [-0.4, -0.2) is 83.7 Å². The Kier molecular flexibility index (Phi) is 7.43. The Labute approximate surface area is 275 Å². The van der Waals surface area contributed by atoms with Crippen LogP contribution in [0.2, 0.25) is 5.02 Å². The van der Waals surface area contributed by atoms with Crippen molar-refractivity contribution in [3.05, 3.63) is 76.3 Å². The Morgan fingerprint density at radius 2 is 1.98 bits per heavy atom. The molecule has 5 heterocycles. The number of halogens is 2. The number of ether oxygens (including phenoxy) is 5. The second kappa shape index (κ2) is 11.6. The molecule has 0 bridgehead atoms. The first kappa shape index (κ1) is 30.2. The molecule has 4 aliphatic rings. The van der Waals surface area contributed by atoms with Crippen LogP contribution >= 0.6 is 11.6 Å². The molecule has 0 radical (unpaired) electrons. The zero-order valence-electron chi connectivity index (χ0n) is 25.9. The molecule has 246 valence electrons. The van der Waals surface area contributed by atoms with Crippen molar-refractivity contribution in [3.8, 4) is 17.2 Å². The van der Waals surface area contributed by atoms with E-state index in [1.165, 1.54) is 19.2 Å². The highest BCUT2D eigenvalue weighted by atomic mass is 35.5. The number of para-hydroxylation sites is 1. The molecule has 0 amide bonds. The third-order valence-electron chi connectivity index (χ3n) is 9.70. The van der Waals surface area contributed by atoms with E-state index in [9.17, 15) is 14.3 Å². The molecule has 3 fully saturated rings. The number of imidazole rings is 1. The molecule has 4 aliphatic heterocycles. The van der Waals surface area contributed by atoms with E-state index in [0.29, 0.717) is 79.3 Å². The molecular weight excluding hydrogens is 631 g/mol. The smallest absolute Gasteiger partial charge is 0.335 e. The van der Waals surface area contributed by atoms with E-state index in [-0.39, 0.29) is 29.3 Å². The summed E-state index contributed by atoms with van der Waals surface area (Å²) in [6.07, 6.45) is 0.975. The molecule has 1 aromatic heterocycles. The number of rotatable bonds is 8. The second-order valence-electron chi connectivity index (χ2n) is 12.5. The van der Waals surface area contributed by atoms with E-state index in [1.54, 1.807) is 25.1 Å². The Hall–Kier alpha value is -4.10. The van der Waals surface area contributed by atoms with E-state index in [4.69, 9.17) is 40.3 Å². The number of carboxylic acids is 1. The zero-order valence-corrected chi connectivity index (χ0v) is 26.7. The van der Waals surface area contributed by atoms with Gasteiger partial charge in [-0.3, -0.25) is 4.90 Å². The fraction of sp³-hybridized carbons (Fsp3) is 0.412. The van der Waals surface area contributed by atoms with Gasteiger partial charge in [0.25, 0.3) is 5.79 Å². The molecule has 11 nitrogen and oxygen atoms in total. The fourth-order valence-electron chi connectivity index (χ4n) is 7.20. The molecule has 8 rings (SSSR count). The molecule has 4 atom stereocenters. The number of carbonyl (C=O) groups is 1. The van der Waals surface area contributed by atoms with Gasteiger partial charge in [0.2, 0.25) is 0 Å². The van der Waals surface area contributed by atoms with Gasteiger partial charge in [0.1, 0.15) is 22.9 Å². The van der Waals surface area contributed by atoms with Crippen LogP contribution in [0.25, 0.3) is 11.0 Å². The molecule has 3 aromatic carbocycles. The second-order valence-corrected chi connectivity index (χ2v) is 12.9. The Morgan fingerprint density at radius 3 is 2.72 bits per heavy atom. The van der Waals surface area contributed by atoms with Crippen molar-refractivity contribution in [1.82, 2.24) is 14.5 Å². The quantitative estimate of drug-likeness (QED) is 0.275. The maximum absolute atomic E-state index is 15.0. The monoisotopic (exact) mass is 664 g/mol. The Balaban J connectivity index is 1.09. The minimum absolute atomic E-state index is 0.0129. The van der Waals surface area contributed by atoms with Gasteiger partial charge in [0.15, 0.2) is 11.5 Å². The highest BCUT2D eigenvalue weighted by molar-refractivity contribution is 6.30. The van der Waals surface area contributed by atoms with Crippen molar-refractivity contribution in [3.63, 3.8) is 0 Å². The van der Waals surface area contributed by atoms with Crippen LogP contribution in [0, 0.1) is 5.82 Å². The summed E-state index contributed by atoms with van der Waals surface area (Å²) in [4.78, 5) is 21.6. The SMILES string of the molecule is COc1cc(C(=O)O)cc2c1nc(CN1CCN(c3cccc4c3O[C@@](C)(c3ccc(Cl)cc3F)O4)[C@@H]3COC[C@@H]31)n2C[C@@H]1CCO1. The third kappa shape index (κ3) is 5.14. The number of nitrogens with zero attached hydrogens (tertiary/aromatic N) is 4. The average molecular weight is 665 g/mol. The molecule has 3 saturated heterocycles. The molecule has 4 aromatic rings. The molecule has 47 heavy (non-hydrogen) atoms. The summed E-state index contributed by atoms with van der Waals surface area (Å²) >= 11 is 6.01. The van der Waals surface area contributed by atoms with Crippen LogP contribution in [0.15, 0.2) is 48.5 Å². The van der Waals surface area contributed by atoms with E-state index < -0.39 is 17.6 Å². The lowest BCUT2D eigenvalue weighted by Crippen LogP contribution is -2.59. The average Bonchev–Trinajstić information content (AvgIpc) is 3.74. The molecule has 13 heteroatoms. The van der Waals surface area contributed by atoms with Crippen LogP contribution in [0.5, 0.6) is 17.2 Å². The van der Waals surface area contributed by atoms with E-state index in [2.05, 4.69) is 14.4 Å². The van der Waals surface area contributed by atoms with Crippen molar-refractivity contribution in [1.29, 1.82) is 0 Å². The Morgan fingerprint density at radius 1 is 1.15 bits per heavy atom. The molecule has 0 unspecified atom stereocenters. The van der Waals surface area contributed by atoms with Gasteiger partial charge >= 0.3 is 5.97 Å². The van der Waals surface area contributed by atoms with Crippen molar-refractivity contribution < 1.29 is 38.0 Å². The fourth-order valence-corrected chi connectivity index (χ4v) is 7.36. The molecular formula is C34H34ClFN4O7. The van der Waals surface area contributed by atoms with Gasteiger partial charge in [-0.15, -0.1) is 0 Å². The number of fused-ring (bicyclic) bond motifs is 3. The van der Waals surface area contributed by atoms with E-state index >= 15 is 0 Å². The van der Waals surface area contributed by atoms with E-state index in [0.717, 1.165) is 17.9 Å². The highest BCUT2D eigenvalue weighted by Crippen LogP contribution is 2.51. The van der Waals surface area contributed by atoms with Gasteiger partial charge in [-0.1, -0.05) is 17.7 Å². The lowest BCUT2D eigenvalue weighted by Gasteiger charge is -2.44. The van der Waals surface area contributed by atoms with Crippen molar-refractivity contribution in [2.45, 2.75) is 50.4 Å². The summed E-state index contributed by atoms with van der Waals surface area (Å²) in [5.41, 5.74) is 2.61. The van der Waals surface area contributed by atoms with Gasteiger partial charge < -0.3 is 38.3 Å². The molecule has 0 saturated carbocycles. The predicted molar refractivity (Wildman–Crippen MR) is 170 cm³/mol. The number of piperazine rings is 1. The maximum atomic E-state index is 15.0. The van der Waals surface area contributed by atoms with Gasteiger partial charge in [0, 0.05) is 31.6 Å². The van der Waals surface area contributed by atoms with Crippen LogP contribution < -0.4 is 19.1 Å². The molecule has 1 N–H and O–H groups in total. The first-order chi connectivity index (χ1) is 22.7. The number of carboxylic acid groups (broad SMARTS) is 1. The summed E-state index contributed by atoms with van der Waals surface area (Å²) < 4.78 is 47.2. The molecule has 0 spiro atoms. The summed E-state index contributed by atoms with van der Waals surface area (Å²) in [6.45, 7) is 5.97. The Bertz CT molecular complexity index is 1880. The number of aromatic carboxylic acids is 1. The zero-order chi connectivity index (χ0) is 32.4. The number of aromatic nitrogens is 2. The number of anilines is 1. The minimum atomic E-state index is -1.36. The number of hydrogen-bond donors (Lipinski definition) is 1. The summed E-state index contributed by atoms with van der Waals surface area (Å²) in [5, 5.41) is 10.1. The van der Waals surface area contributed by atoms with E-state index in [1.807, 2.05) is 18.2 Å². The standard InChI is InChI=1S/C34H34ClFN4O7/c1-34(22-7-6-20(35)14-23(22)36)46-28-5-3-4-24(32(28)47-34)39-10-9-38(26-17-44-18-27(26)39)16-30-37-31-25(40(30)15-21-8-11-45-21)12-19(33(41)42)13-29(31)43-2/h3-7,12-14,21,26-27H,8-11,15-18H2,1-2H3,(H,41,42)/t21-,26-,27+,34-/m0/s1. The number of hydrogen-bond acceptors (Lipinski definition) is 9. The normalized spacial score (nSPS) is 25.2. The predicted octanol–water partition coefficient (Wildman–Crippen LogP) is 5.06. The number of benzene rings is 3. The van der Waals surface area contributed by atoms with Crippen molar-refractivity contribution in [2.75, 3.05) is 44.9 Å². The largest absolute Gasteiger partial charge is 0.494 e. The van der Waals surface area contributed by atoms with Crippen LogP contribution in [0.4, 0.5) is 10.1 Å². The van der Waals surface area contributed by atoms with Crippen molar-refractivity contribution in [2.24, 2.45) is 0 Å². The first-order valence-corrected chi connectivity index (χ1v) is 16.1. The van der Waals surface area contributed by atoms with Gasteiger partial charge in [0.05, 0.1) is 73.9 Å². The van der Waals surface area contributed by atoms with Gasteiger partial charge in [-0.2, -0.15) is 0 Å². The van der Waals surface area contributed by atoms with Gasteiger partial charge in [-0.25, -0.2) is 14.2 Å². The third-order valence-corrected chi connectivity index (χ3v) is 9.93. The van der Waals surface area contributed by atoms with Gasteiger partial charge in [-0.05, 0) is 48.9 Å². The minimum Gasteiger partial charge on any atom is -0.494 e. The van der Waals surface area contributed by atoms with Crippen LogP contribution in [-0.2, 0) is 28.4 Å². The van der Waals surface area contributed by atoms with Crippen LogP contribution in [0.1, 0.15) is 35.1 Å². The summed E-state index contributed by atoms with van der Waals surface area (Å²) in [6, 6.07) is 13.5. The lowest BCUT2D eigenvalue weighted by molar-refractivity contribution is -0.0705. The maximum Gasteiger partial charge on any atom is 0.335 e. The lowest BCUT2D eigenvalue weighted by atomic mass is 10.0. The summed E-state index contributed by atoms with van der Waals surface area (Å²) in [7, 11) is 1.53. The molecule has 0 aliphatic carbocycles. The highest BCUT2D eigenvalue weighted by Gasteiger charge is 2.46. The van der Waals surface area contributed by atoms with Crippen LogP contribution in [0.3, 0.4) is 0 Å². The topological polar surface area (TPSA) is 108 Å². The van der Waals surface area contributed by atoms with Crippen molar-refractivity contribution >= 4 is 34.3 Å². The number of methoxy groups -OCH3 is 1. The first-order valence-electron chi connectivity index (χ1n) is 15.7. The summed E-state index contributed by atoms with van der Waals surface area (Å²) in [5.74, 6) is -0.544.